The Morgan fingerprint density at radius 1 is 0.971 bits per heavy atom. The van der Waals surface area contributed by atoms with E-state index in [1.54, 1.807) is 60.7 Å². The van der Waals surface area contributed by atoms with E-state index in [-0.39, 0.29) is 22.3 Å². The lowest BCUT2D eigenvalue weighted by Gasteiger charge is -2.26. The van der Waals surface area contributed by atoms with Gasteiger partial charge in [0.1, 0.15) is 5.58 Å². The predicted octanol–water partition coefficient (Wildman–Crippen LogP) is 6.26. The van der Waals surface area contributed by atoms with Crippen LogP contribution in [0, 0.1) is 0 Å². The molecule has 34 heavy (non-hydrogen) atoms. The third-order valence-corrected chi connectivity index (χ3v) is 6.19. The highest BCUT2D eigenvalue weighted by atomic mass is 35.5. The van der Waals surface area contributed by atoms with Gasteiger partial charge in [-0.25, -0.2) is 0 Å². The molecule has 0 spiro atoms. The normalized spacial score (nSPS) is 15.0. The van der Waals surface area contributed by atoms with Gasteiger partial charge in [-0.15, -0.1) is 0 Å². The number of fused-ring (bicyclic) bond motifs is 2. The van der Waals surface area contributed by atoms with E-state index in [1.165, 1.54) is 12.0 Å². The summed E-state index contributed by atoms with van der Waals surface area (Å²) < 4.78 is 17.1. The Balaban J connectivity index is 1.80. The number of ether oxygens (including phenoxy) is 2. The lowest BCUT2D eigenvalue weighted by atomic mass is 9.97. The molecule has 1 aliphatic heterocycles. The molecular formula is C26H19Cl2NO5. The second-order valence-electron chi connectivity index (χ2n) is 7.72. The fraction of sp³-hybridized carbons (Fsp3) is 0.154. The van der Waals surface area contributed by atoms with Crippen molar-refractivity contribution in [2.75, 3.05) is 18.6 Å². The van der Waals surface area contributed by atoms with E-state index < -0.39 is 11.9 Å². The van der Waals surface area contributed by atoms with Crippen LogP contribution in [0.25, 0.3) is 11.0 Å². The SMILES string of the molecule is CCOc1ccc(C2c3c(oc4ccc(Cl)cc4c3=O)C(=O)N2c2cccc(Cl)c2)cc1OC. The average molecular weight is 496 g/mol. The summed E-state index contributed by atoms with van der Waals surface area (Å²) in [6.07, 6.45) is 0. The monoisotopic (exact) mass is 495 g/mol. The molecule has 0 saturated carbocycles. The summed E-state index contributed by atoms with van der Waals surface area (Å²) in [6, 6.07) is 16.2. The van der Waals surface area contributed by atoms with Crippen molar-refractivity contribution >= 4 is 45.8 Å². The quantitative estimate of drug-likeness (QED) is 0.327. The molecule has 0 fully saturated rings. The first-order chi connectivity index (χ1) is 16.4. The number of carbonyl (C=O) groups is 1. The Morgan fingerprint density at radius 3 is 2.50 bits per heavy atom. The summed E-state index contributed by atoms with van der Waals surface area (Å²) in [5.41, 5.74) is 1.38. The van der Waals surface area contributed by atoms with E-state index in [2.05, 4.69) is 0 Å². The van der Waals surface area contributed by atoms with Crippen LogP contribution in [0.4, 0.5) is 5.69 Å². The number of halogens is 2. The van der Waals surface area contributed by atoms with Gasteiger partial charge in [-0.3, -0.25) is 14.5 Å². The van der Waals surface area contributed by atoms with E-state index in [9.17, 15) is 9.59 Å². The van der Waals surface area contributed by atoms with Crippen molar-refractivity contribution in [1.29, 1.82) is 0 Å². The Morgan fingerprint density at radius 2 is 1.76 bits per heavy atom. The summed E-state index contributed by atoms with van der Waals surface area (Å²) in [4.78, 5) is 28.8. The van der Waals surface area contributed by atoms with Gasteiger partial charge in [-0.1, -0.05) is 35.3 Å². The molecule has 5 rings (SSSR count). The predicted molar refractivity (Wildman–Crippen MR) is 132 cm³/mol. The number of anilines is 1. The molecule has 0 aliphatic carbocycles. The molecule has 0 radical (unpaired) electrons. The zero-order valence-electron chi connectivity index (χ0n) is 18.3. The van der Waals surface area contributed by atoms with Crippen molar-refractivity contribution in [3.05, 3.63) is 97.8 Å². The van der Waals surface area contributed by atoms with E-state index in [1.807, 2.05) is 6.92 Å². The second kappa shape index (κ2) is 8.70. The maximum absolute atomic E-state index is 13.7. The van der Waals surface area contributed by atoms with Crippen LogP contribution in [0.1, 0.15) is 34.6 Å². The zero-order chi connectivity index (χ0) is 24.0. The summed E-state index contributed by atoms with van der Waals surface area (Å²) in [7, 11) is 1.54. The van der Waals surface area contributed by atoms with Crippen LogP contribution in [-0.2, 0) is 0 Å². The van der Waals surface area contributed by atoms with Gasteiger partial charge in [0.2, 0.25) is 5.76 Å². The van der Waals surface area contributed by atoms with E-state index in [0.717, 1.165) is 0 Å². The van der Waals surface area contributed by atoms with E-state index >= 15 is 0 Å². The van der Waals surface area contributed by atoms with Crippen LogP contribution in [0.2, 0.25) is 10.0 Å². The molecule has 1 amide bonds. The Labute approximate surface area is 205 Å². The Hall–Kier alpha value is -3.48. The molecule has 1 unspecified atom stereocenters. The fourth-order valence-electron chi connectivity index (χ4n) is 4.28. The molecule has 0 bridgehead atoms. The number of carbonyl (C=O) groups excluding carboxylic acids is 1. The van der Waals surface area contributed by atoms with Gasteiger partial charge in [-0.2, -0.15) is 0 Å². The van der Waals surface area contributed by atoms with Crippen LogP contribution in [0.15, 0.2) is 69.9 Å². The van der Waals surface area contributed by atoms with Gasteiger partial charge in [0.05, 0.1) is 30.7 Å². The molecule has 4 aromatic rings. The maximum Gasteiger partial charge on any atom is 0.295 e. The van der Waals surface area contributed by atoms with Gasteiger partial charge in [0, 0.05) is 15.7 Å². The summed E-state index contributed by atoms with van der Waals surface area (Å²) >= 11 is 12.4. The Bertz CT molecular complexity index is 1500. The highest BCUT2D eigenvalue weighted by molar-refractivity contribution is 6.31. The number of rotatable bonds is 5. The van der Waals surface area contributed by atoms with Gasteiger partial charge < -0.3 is 13.9 Å². The van der Waals surface area contributed by atoms with Crippen LogP contribution in [0.5, 0.6) is 11.5 Å². The average Bonchev–Trinajstić information content (AvgIpc) is 3.12. The smallest absolute Gasteiger partial charge is 0.295 e. The van der Waals surface area contributed by atoms with Crippen molar-refractivity contribution in [3.8, 4) is 11.5 Å². The standard InChI is InChI=1S/C26H19Cl2NO5/c1-3-33-20-9-7-14(11-21(20)32-2)23-22-24(30)18-13-16(28)8-10-19(18)34-25(22)26(31)29(23)17-6-4-5-15(27)12-17/h4-13,23H,3H2,1-2H3. The first kappa shape index (κ1) is 22.3. The lowest BCUT2D eigenvalue weighted by Crippen LogP contribution is -2.29. The molecule has 0 saturated heterocycles. The van der Waals surface area contributed by atoms with Gasteiger partial charge in [0.25, 0.3) is 5.91 Å². The van der Waals surface area contributed by atoms with E-state index in [4.69, 9.17) is 37.1 Å². The molecule has 6 nitrogen and oxygen atoms in total. The van der Waals surface area contributed by atoms with Crippen LogP contribution in [-0.4, -0.2) is 19.6 Å². The molecule has 3 aromatic carbocycles. The van der Waals surface area contributed by atoms with Crippen molar-refractivity contribution < 1.29 is 18.7 Å². The van der Waals surface area contributed by atoms with Crippen molar-refractivity contribution in [2.45, 2.75) is 13.0 Å². The van der Waals surface area contributed by atoms with Crippen molar-refractivity contribution in [2.24, 2.45) is 0 Å². The van der Waals surface area contributed by atoms with Crippen LogP contribution < -0.4 is 19.8 Å². The third-order valence-electron chi connectivity index (χ3n) is 5.72. The van der Waals surface area contributed by atoms with Gasteiger partial charge in [0.15, 0.2) is 16.9 Å². The zero-order valence-corrected chi connectivity index (χ0v) is 19.8. The minimum absolute atomic E-state index is 0.0161. The first-order valence-corrected chi connectivity index (χ1v) is 11.3. The highest BCUT2D eigenvalue weighted by Gasteiger charge is 2.44. The molecule has 172 valence electrons. The molecule has 8 heteroatoms. The molecule has 1 aliphatic rings. The summed E-state index contributed by atoms with van der Waals surface area (Å²) in [5.74, 6) is 0.589. The summed E-state index contributed by atoms with van der Waals surface area (Å²) in [6.45, 7) is 2.34. The number of hydrogen-bond acceptors (Lipinski definition) is 5. The van der Waals surface area contributed by atoms with Crippen LogP contribution >= 0.6 is 23.2 Å². The number of hydrogen-bond donors (Lipinski definition) is 0. The minimum atomic E-state index is -0.773. The number of nitrogens with zero attached hydrogens (tertiary/aromatic N) is 1. The Kier molecular flexibility index (Phi) is 5.71. The van der Waals surface area contributed by atoms with Crippen LogP contribution in [0.3, 0.4) is 0 Å². The van der Waals surface area contributed by atoms with Crippen molar-refractivity contribution in [1.82, 2.24) is 0 Å². The highest BCUT2D eigenvalue weighted by Crippen LogP contribution is 2.43. The summed E-state index contributed by atoms with van der Waals surface area (Å²) in [5, 5.41) is 1.16. The maximum atomic E-state index is 13.7. The number of methoxy groups -OCH3 is 1. The third kappa shape index (κ3) is 3.59. The number of amides is 1. The molecule has 2 heterocycles. The number of benzene rings is 3. The second-order valence-corrected chi connectivity index (χ2v) is 8.59. The fourth-order valence-corrected chi connectivity index (χ4v) is 4.64. The lowest BCUT2D eigenvalue weighted by molar-refractivity contribution is 0.0971. The largest absolute Gasteiger partial charge is 0.493 e. The topological polar surface area (TPSA) is 69.0 Å². The molecule has 0 N–H and O–H groups in total. The van der Waals surface area contributed by atoms with E-state index in [0.29, 0.717) is 44.8 Å². The first-order valence-electron chi connectivity index (χ1n) is 10.6. The van der Waals surface area contributed by atoms with Gasteiger partial charge in [-0.05, 0) is 61.0 Å². The molecular weight excluding hydrogens is 477 g/mol. The minimum Gasteiger partial charge on any atom is -0.493 e. The molecule has 1 aromatic heterocycles. The molecule has 1 atom stereocenters. The van der Waals surface area contributed by atoms with Crippen molar-refractivity contribution in [3.63, 3.8) is 0 Å². The van der Waals surface area contributed by atoms with Gasteiger partial charge >= 0.3 is 0 Å².